The highest BCUT2D eigenvalue weighted by atomic mass is 19.1. The van der Waals surface area contributed by atoms with E-state index in [1.54, 1.807) is 13.1 Å². The minimum absolute atomic E-state index is 0.199. The molecule has 3 nitrogen and oxygen atoms in total. The normalized spacial score (nSPS) is 10.4. The van der Waals surface area contributed by atoms with Gasteiger partial charge in [0.15, 0.2) is 0 Å². The number of benzene rings is 1. The van der Waals surface area contributed by atoms with Crippen molar-refractivity contribution in [2.45, 2.75) is 13.8 Å². The molecule has 0 aliphatic heterocycles. The second-order valence-electron chi connectivity index (χ2n) is 3.69. The number of anilines is 2. The molecular weight excluding hydrogens is 219 g/mol. The molecule has 0 saturated carbocycles. The van der Waals surface area contributed by atoms with E-state index in [9.17, 15) is 4.39 Å². The molecule has 4 heteroatoms. The average Bonchev–Trinajstić information content (AvgIpc) is 2.35. The van der Waals surface area contributed by atoms with E-state index in [0.29, 0.717) is 25.4 Å². The zero-order chi connectivity index (χ0) is 12.7. The number of nitrogens with zero attached hydrogens (tertiary/aromatic N) is 1. The predicted molar refractivity (Wildman–Crippen MR) is 70.3 cm³/mol. The van der Waals surface area contributed by atoms with E-state index in [4.69, 9.17) is 4.74 Å². The van der Waals surface area contributed by atoms with Crippen molar-refractivity contribution in [1.29, 1.82) is 0 Å². The zero-order valence-electron chi connectivity index (χ0n) is 10.8. The topological polar surface area (TPSA) is 24.5 Å². The van der Waals surface area contributed by atoms with Crippen molar-refractivity contribution in [3.63, 3.8) is 0 Å². The fraction of sp³-hybridized carbons (Fsp3) is 0.538. The van der Waals surface area contributed by atoms with Gasteiger partial charge in [-0.3, -0.25) is 0 Å². The molecule has 0 aliphatic rings. The fourth-order valence-electron chi connectivity index (χ4n) is 1.69. The van der Waals surface area contributed by atoms with E-state index in [2.05, 4.69) is 5.32 Å². The lowest BCUT2D eigenvalue weighted by atomic mass is 10.2. The van der Waals surface area contributed by atoms with Crippen molar-refractivity contribution in [3.05, 3.63) is 24.0 Å². The number of hydrogen-bond donors (Lipinski definition) is 1. The molecule has 0 aliphatic carbocycles. The third-order valence-electron chi connectivity index (χ3n) is 2.67. The molecule has 1 aromatic carbocycles. The van der Waals surface area contributed by atoms with Gasteiger partial charge in [0.25, 0.3) is 0 Å². The van der Waals surface area contributed by atoms with E-state index in [1.807, 2.05) is 24.8 Å². The van der Waals surface area contributed by atoms with Crippen molar-refractivity contribution in [2.75, 3.05) is 43.6 Å². The summed E-state index contributed by atoms with van der Waals surface area (Å²) < 4.78 is 19.2. The molecule has 96 valence electrons. The Morgan fingerprint density at radius 1 is 1.35 bits per heavy atom. The second kappa shape index (κ2) is 7.12. The van der Waals surface area contributed by atoms with Gasteiger partial charge in [0.2, 0.25) is 0 Å². The van der Waals surface area contributed by atoms with Crippen molar-refractivity contribution in [2.24, 2.45) is 0 Å². The number of halogens is 1. The van der Waals surface area contributed by atoms with Gasteiger partial charge in [-0.2, -0.15) is 0 Å². The van der Waals surface area contributed by atoms with Crippen LogP contribution < -0.4 is 10.2 Å². The number of hydrogen-bond acceptors (Lipinski definition) is 3. The highest BCUT2D eigenvalue weighted by Crippen LogP contribution is 2.22. The standard InChI is InChI=1S/C13H21FN2O/c1-4-16(8-9-17-5-2)13-7-6-11(15-3)10-12(13)14/h6-7,10,15H,4-5,8-9H2,1-3H3. The highest BCUT2D eigenvalue weighted by molar-refractivity contribution is 5.56. The van der Waals surface area contributed by atoms with Crippen LogP contribution in [0.25, 0.3) is 0 Å². The third kappa shape index (κ3) is 3.89. The van der Waals surface area contributed by atoms with E-state index < -0.39 is 0 Å². The lowest BCUT2D eigenvalue weighted by Crippen LogP contribution is -2.28. The number of ether oxygens (including phenoxy) is 1. The lowest BCUT2D eigenvalue weighted by Gasteiger charge is -2.23. The van der Waals surface area contributed by atoms with E-state index >= 15 is 0 Å². The molecule has 1 N–H and O–H groups in total. The first-order valence-electron chi connectivity index (χ1n) is 6.02. The van der Waals surface area contributed by atoms with E-state index in [1.165, 1.54) is 6.07 Å². The summed E-state index contributed by atoms with van der Waals surface area (Å²) in [4.78, 5) is 1.98. The molecule has 17 heavy (non-hydrogen) atoms. The summed E-state index contributed by atoms with van der Waals surface area (Å²) in [6.45, 7) is 6.76. The monoisotopic (exact) mass is 240 g/mol. The van der Waals surface area contributed by atoms with E-state index in [-0.39, 0.29) is 5.82 Å². The molecule has 1 aromatic rings. The average molecular weight is 240 g/mol. The molecule has 1 rings (SSSR count). The Labute approximate surface area is 103 Å². The Hall–Kier alpha value is -1.29. The molecule has 0 spiro atoms. The van der Waals surface area contributed by atoms with Crippen molar-refractivity contribution in [3.8, 4) is 0 Å². The van der Waals surface area contributed by atoms with Gasteiger partial charge < -0.3 is 15.0 Å². The Morgan fingerprint density at radius 2 is 2.12 bits per heavy atom. The molecule has 0 radical (unpaired) electrons. The first-order chi connectivity index (χ1) is 8.22. The summed E-state index contributed by atoms with van der Waals surface area (Å²) >= 11 is 0. The van der Waals surface area contributed by atoms with Crippen LogP contribution in [0.4, 0.5) is 15.8 Å². The Morgan fingerprint density at radius 3 is 2.65 bits per heavy atom. The predicted octanol–water partition coefficient (Wildman–Crippen LogP) is 2.73. The lowest BCUT2D eigenvalue weighted by molar-refractivity contribution is 0.154. The summed E-state index contributed by atoms with van der Waals surface area (Å²) in [6, 6.07) is 5.19. The number of likely N-dealkylation sites (N-methyl/N-ethyl adjacent to an activating group) is 1. The van der Waals surface area contributed by atoms with Gasteiger partial charge in [-0.25, -0.2) is 4.39 Å². The zero-order valence-corrected chi connectivity index (χ0v) is 10.8. The SMILES string of the molecule is CCOCCN(CC)c1ccc(NC)cc1F. The van der Waals surface area contributed by atoms with Gasteiger partial charge in [-0.05, 0) is 32.0 Å². The maximum absolute atomic E-state index is 13.9. The van der Waals surface area contributed by atoms with Gasteiger partial charge in [-0.15, -0.1) is 0 Å². The molecule has 0 amide bonds. The molecule has 0 saturated heterocycles. The first kappa shape index (κ1) is 13.8. The van der Waals surface area contributed by atoms with Crippen LogP contribution >= 0.6 is 0 Å². The minimum Gasteiger partial charge on any atom is -0.388 e. The summed E-state index contributed by atoms with van der Waals surface area (Å²) in [5.74, 6) is -0.199. The highest BCUT2D eigenvalue weighted by Gasteiger charge is 2.10. The summed E-state index contributed by atoms with van der Waals surface area (Å²) in [7, 11) is 1.78. The summed E-state index contributed by atoms with van der Waals surface area (Å²) in [6.07, 6.45) is 0. The number of rotatable bonds is 7. The van der Waals surface area contributed by atoms with Gasteiger partial charge in [0.05, 0.1) is 12.3 Å². The van der Waals surface area contributed by atoms with Crippen LogP contribution in [0.1, 0.15) is 13.8 Å². The van der Waals surface area contributed by atoms with Crippen LogP contribution in [-0.2, 0) is 4.74 Å². The van der Waals surface area contributed by atoms with Gasteiger partial charge in [0, 0.05) is 32.4 Å². The maximum Gasteiger partial charge on any atom is 0.148 e. The van der Waals surface area contributed by atoms with Gasteiger partial charge >= 0.3 is 0 Å². The smallest absolute Gasteiger partial charge is 0.148 e. The molecule has 0 aromatic heterocycles. The minimum atomic E-state index is -0.199. The van der Waals surface area contributed by atoms with Crippen LogP contribution in [0.3, 0.4) is 0 Å². The molecule has 0 atom stereocenters. The molecular formula is C13H21FN2O. The first-order valence-corrected chi connectivity index (χ1v) is 6.02. The third-order valence-corrected chi connectivity index (χ3v) is 2.67. The van der Waals surface area contributed by atoms with Crippen LogP contribution in [0, 0.1) is 5.82 Å². The quantitative estimate of drug-likeness (QED) is 0.742. The molecule has 0 bridgehead atoms. The van der Waals surface area contributed by atoms with Crippen LogP contribution in [-0.4, -0.2) is 33.4 Å². The maximum atomic E-state index is 13.9. The molecule has 0 heterocycles. The molecule has 0 fully saturated rings. The number of nitrogens with one attached hydrogen (secondary N) is 1. The van der Waals surface area contributed by atoms with Crippen molar-refractivity contribution >= 4 is 11.4 Å². The van der Waals surface area contributed by atoms with Gasteiger partial charge in [0.1, 0.15) is 5.82 Å². The second-order valence-corrected chi connectivity index (χ2v) is 3.69. The Kier molecular flexibility index (Phi) is 5.77. The fourth-order valence-corrected chi connectivity index (χ4v) is 1.69. The largest absolute Gasteiger partial charge is 0.388 e. The van der Waals surface area contributed by atoms with Gasteiger partial charge in [-0.1, -0.05) is 0 Å². The Bertz CT molecular complexity index is 344. The molecule has 0 unspecified atom stereocenters. The van der Waals surface area contributed by atoms with Crippen LogP contribution in [0.2, 0.25) is 0 Å². The Balaban J connectivity index is 2.73. The summed E-state index contributed by atoms with van der Waals surface area (Å²) in [5.41, 5.74) is 1.42. The van der Waals surface area contributed by atoms with E-state index in [0.717, 1.165) is 12.2 Å². The summed E-state index contributed by atoms with van der Waals surface area (Å²) in [5, 5.41) is 2.92. The van der Waals surface area contributed by atoms with Crippen LogP contribution in [0.15, 0.2) is 18.2 Å². The van der Waals surface area contributed by atoms with Crippen LogP contribution in [0.5, 0.6) is 0 Å². The van der Waals surface area contributed by atoms with Crippen molar-refractivity contribution < 1.29 is 9.13 Å². The van der Waals surface area contributed by atoms with Crippen molar-refractivity contribution in [1.82, 2.24) is 0 Å².